The van der Waals surface area contributed by atoms with Crippen molar-refractivity contribution in [2.45, 2.75) is 24.8 Å². The second-order valence-electron chi connectivity index (χ2n) is 9.11. The Morgan fingerprint density at radius 1 is 1.11 bits per heavy atom. The first kappa shape index (κ1) is 25.0. The number of aromatic nitrogens is 3. The second-order valence-corrected chi connectivity index (χ2v) is 11.1. The molecule has 0 amide bonds. The number of likely N-dealkylation sites (N-methyl/N-ethyl adjacent to an activating group) is 1. The average molecular weight is 522 g/mol. The number of benzene rings is 2. The van der Waals surface area contributed by atoms with Gasteiger partial charge in [-0.2, -0.15) is 9.97 Å². The fourth-order valence-corrected chi connectivity index (χ4v) is 5.79. The van der Waals surface area contributed by atoms with Crippen LogP contribution >= 0.6 is 0 Å². The van der Waals surface area contributed by atoms with Crippen LogP contribution in [-0.2, 0) is 23.0 Å². The van der Waals surface area contributed by atoms with E-state index in [0.717, 1.165) is 30.6 Å². The number of nitrogens with zero attached hydrogens (tertiary/aromatic N) is 4. The molecule has 4 aromatic rings. The molecule has 2 aromatic carbocycles. The number of anilines is 4. The molecule has 1 aliphatic heterocycles. The van der Waals surface area contributed by atoms with Gasteiger partial charge in [0.1, 0.15) is 22.1 Å². The molecular weight excluding hydrogens is 490 g/mol. The number of nitrogens with one attached hydrogen (secondary N) is 3. The van der Waals surface area contributed by atoms with Crippen LogP contribution in [0.25, 0.3) is 11.0 Å². The van der Waals surface area contributed by atoms with E-state index in [1.54, 1.807) is 51.5 Å². The highest BCUT2D eigenvalue weighted by Gasteiger charge is 2.24. The Bertz CT molecular complexity index is 1550. The Hall–Kier alpha value is -3.67. The van der Waals surface area contributed by atoms with Gasteiger partial charge in [-0.3, -0.25) is 0 Å². The fourth-order valence-electron chi connectivity index (χ4n) is 4.47. The zero-order valence-electron chi connectivity index (χ0n) is 21.4. The van der Waals surface area contributed by atoms with Crippen molar-refractivity contribution in [1.82, 2.24) is 24.2 Å². The maximum atomic E-state index is 13.1. The van der Waals surface area contributed by atoms with Crippen LogP contribution in [0.2, 0.25) is 0 Å². The van der Waals surface area contributed by atoms with E-state index in [4.69, 9.17) is 9.72 Å². The quantitative estimate of drug-likeness (QED) is 0.318. The molecular formula is C26H31N7O3S. The molecule has 0 unspecified atom stereocenters. The molecule has 194 valence electrons. The van der Waals surface area contributed by atoms with E-state index < -0.39 is 10.0 Å². The van der Waals surface area contributed by atoms with Gasteiger partial charge in [0, 0.05) is 32.9 Å². The fraction of sp³-hybridized carbons (Fsp3) is 0.308. The number of hydrogen-bond acceptors (Lipinski definition) is 8. The highest BCUT2D eigenvalue weighted by molar-refractivity contribution is 7.89. The van der Waals surface area contributed by atoms with Crippen LogP contribution in [0.3, 0.4) is 0 Å². The van der Waals surface area contributed by atoms with Crippen LogP contribution in [0.15, 0.2) is 53.6 Å². The topological polar surface area (TPSA) is 115 Å². The average Bonchev–Trinajstić information content (AvgIpc) is 3.37. The van der Waals surface area contributed by atoms with Gasteiger partial charge in [-0.15, -0.1) is 0 Å². The van der Waals surface area contributed by atoms with E-state index in [0.29, 0.717) is 35.4 Å². The summed E-state index contributed by atoms with van der Waals surface area (Å²) < 4.78 is 33.2. The normalized spacial score (nSPS) is 14.1. The van der Waals surface area contributed by atoms with Crippen molar-refractivity contribution >= 4 is 44.2 Å². The van der Waals surface area contributed by atoms with Crippen LogP contribution in [0.5, 0.6) is 5.75 Å². The summed E-state index contributed by atoms with van der Waals surface area (Å²) in [6.45, 7) is 4.02. The Labute approximate surface area is 216 Å². The van der Waals surface area contributed by atoms with Crippen molar-refractivity contribution in [3.63, 3.8) is 0 Å². The molecule has 0 bridgehead atoms. The minimum Gasteiger partial charge on any atom is -0.495 e. The molecule has 0 radical (unpaired) electrons. The van der Waals surface area contributed by atoms with Gasteiger partial charge in [0.15, 0.2) is 0 Å². The lowest BCUT2D eigenvalue weighted by molar-refractivity contribution is 0.312. The molecule has 0 atom stereocenters. The molecule has 0 fully saturated rings. The summed E-state index contributed by atoms with van der Waals surface area (Å²) in [5.41, 5.74) is 4.32. The molecule has 0 saturated heterocycles. The minimum absolute atomic E-state index is 0.177. The summed E-state index contributed by atoms with van der Waals surface area (Å²) >= 11 is 0. The van der Waals surface area contributed by atoms with Crippen molar-refractivity contribution in [3.05, 3.63) is 59.8 Å². The van der Waals surface area contributed by atoms with E-state index >= 15 is 0 Å². The maximum absolute atomic E-state index is 13.1. The number of ether oxygens (including phenoxy) is 1. The number of hydrogen-bond donors (Lipinski definition) is 3. The van der Waals surface area contributed by atoms with E-state index in [1.807, 2.05) is 6.07 Å². The molecule has 0 spiro atoms. The van der Waals surface area contributed by atoms with Gasteiger partial charge < -0.3 is 25.3 Å². The molecule has 3 N–H and O–H groups in total. The number of methoxy groups -OCH3 is 1. The molecule has 37 heavy (non-hydrogen) atoms. The molecule has 2 aromatic heterocycles. The number of sulfonamides is 1. The SMILES string of the molecule is CCN(C)S(=O)(=O)c1ccccc1Nc1nc(Nc2cc3c(cc2OC)CCN(C)C3)nc2[nH]ccc12. The minimum atomic E-state index is -3.68. The summed E-state index contributed by atoms with van der Waals surface area (Å²) in [4.78, 5) is 15.0. The van der Waals surface area contributed by atoms with Crippen LogP contribution < -0.4 is 15.4 Å². The predicted molar refractivity (Wildman–Crippen MR) is 145 cm³/mol. The van der Waals surface area contributed by atoms with Crippen LogP contribution in [0.4, 0.5) is 23.1 Å². The number of para-hydroxylation sites is 1. The Kier molecular flexibility index (Phi) is 6.76. The van der Waals surface area contributed by atoms with E-state index in [9.17, 15) is 8.42 Å². The first-order chi connectivity index (χ1) is 17.8. The number of rotatable bonds is 8. The lowest BCUT2D eigenvalue weighted by Crippen LogP contribution is -2.27. The third-order valence-corrected chi connectivity index (χ3v) is 8.65. The van der Waals surface area contributed by atoms with Gasteiger partial charge in [0.25, 0.3) is 0 Å². The Morgan fingerprint density at radius 3 is 2.70 bits per heavy atom. The molecule has 10 nitrogen and oxygen atoms in total. The van der Waals surface area contributed by atoms with Crippen molar-refractivity contribution < 1.29 is 13.2 Å². The molecule has 5 rings (SSSR count). The molecule has 0 aliphatic carbocycles. The third kappa shape index (κ3) is 4.85. The number of fused-ring (bicyclic) bond motifs is 2. The lowest BCUT2D eigenvalue weighted by atomic mass is 9.99. The van der Waals surface area contributed by atoms with Crippen molar-refractivity contribution in [1.29, 1.82) is 0 Å². The summed E-state index contributed by atoms with van der Waals surface area (Å²) in [7, 11) is 1.64. The van der Waals surface area contributed by atoms with Gasteiger partial charge in [0.05, 0.1) is 23.9 Å². The lowest BCUT2D eigenvalue weighted by Gasteiger charge is -2.26. The van der Waals surface area contributed by atoms with E-state index in [2.05, 4.69) is 44.7 Å². The smallest absolute Gasteiger partial charge is 0.244 e. The summed E-state index contributed by atoms with van der Waals surface area (Å²) in [5.74, 6) is 1.55. The molecule has 1 aliphatic rings. The van der Waals surface area contributed by atoms with Crippen LogP contribution in [0.1, 0.15) is 18.1 Å². The molecule has 0 saturated carbocycles. The molecule has 3 heterocycles. The standard InChI is InChI=1S/C26H31N7O3S/c1-5-33(3)37(34,35)23-9-7-6-8-20(23)28-25-19-10-12-27-24(19)30-26(31-25)29-21-14-18-16-32(2)13-11-17(18)15-22(21)36-4/h6-10,12,14-15H,5,11,13,16H2,1-4H3,(H3,27,28,29,30,31). The predicted octanol–water partition coefficient (Wildman–Crippen LogP) is 4.08. The van der Waals surface area contributed by atoms with Crippen molar-refractivity contribution in [2.24, 2.45) is 0 Å². The third-order valence-electron chi connectivity index (χ3n) is 6.66. The van der Waals surface area contributed by atoms with Gasteiger partial charge in [0.2, 0.25) is 16.0 Å². The second kappa shape index (κ2) is 10.0. The highest BCUT2D eigenvalue weighted by Crippen LogP contribution is 2.34. The van der Waals surface area contributed by atoms with Gasteiger partial charge >= 0.3 is 0 Å². The Balaban J connectivity index is 1.54. The van der Waals surface area contributed by atoms with Crippen LogP contribution in [0, 0.1) is 0 Å². The first-order valence-corrected chi connectivity index (χ1v) is 13.6. The largest absolute Gasteiger partial charge is 0.495 e. The van der Waals surface area contributed by atoms with Gasteiger partial charge in [-0.05, 0) is 54.9 Å². The monoisotopic (exact) mass is 521 g/mol. The van der Waals surface area contributed by atoms with Crippen molar-refractivity contribution in [2.75, 3.05) is 44.9 Å². The first-order valence-electron chi connectivity index (χ1n) is 12.1. The summed E-state index contributed by atoms with van der Waals surface area (Å²) in [6.07, 6.45) is 2.74. The maximum Gasteiger partial charge on any atom is 0.244 e. The zero-order valence-corrected chi connectivity index (χ0v) is 22.2. The number of aromatic amines is 1. The van der Waals surface area contributed by atoms with E-state index in [-0.39, 0.29) is 4.90 Å². The Morgan fingerprint density at radius 2 is 1.92 bits per heavy atom. The summed E-state index contributed by atoms with van der Waals surface area (Å²) in [6, 6.07) is 12.8. The zero-order chi connectivity index (χ0) is 26.2. The highest BCUT2D eigenvalue weighted by atomic mass is 32.2. The van der Waals surface area contributed by atoms with Crippen LogP contribution in [-0.4, -0.2) is 66.9 Å². The summed E-state index contributed by atoms with van der Waals surface area (Å²) in [5, 5.41) is 7.30. The van der Waals surface area contributed by atoms with E-state index in [1.165, 1.54) is 15.4 Å². The van der Waals surface area contributed by atoms with Gasteiger partial charge in [-0.25, -0.2) is 12.7 Å². The molecule has 11 heteroatoms. The van der Waals surface area contributed by atoms with Crippen molar-refractivity contribution in [3.8, 4) is 5.75 Å². The van der Waals surface area contributed by atoms with Gasteiger partial charge in [-0.1, -0.05) is 19.1 Å². The number of H-pyrrole nitrogens is 1.